The topological polar surface area (TPSA) is 64.1 Å². The zero-order chi connectivity index (χ0) is 19.1. The van der Waals surface area contributed by atoms with E-state index in [1.807, 2.05) is 24.3 Å². The van der Waals surface area contributed by atoms with Gasteiger partial charge in [-0.25, -0.2) is 14.4 Å². The third-order valence-electron chi connectivity index (χ3n) is 4.13. The van der Waals surface area contributed by atoms with Gasteiger partial charge in [0.1, 0.15) is 17.9 Å². The second-order valence-electron chi connectivity index (χ2n) is 6.03. The van der Waals surface area contributed by atoms with Crippen molar-refractivity contribution in [2.24, 2.45) is 0 Å². The van der Waals surface area contributed by atoms with E-state index in [1.165, 1.54) is 18.5 Å². The van der Waals surface area contributed by atoms with E-state index in [-0.39, 0.29) is 11.7 Å². The van der Waals surface area contributed by atoms with Crippen molar-refractivity contribution in [2.45, 2.75) is 19.4 Å². The van der Waals surface area contributed by atoms with E-state index in [0.29, 0.717) is 30.8 Å². The van der Waals surface area contributed by atoms with Crippen LogP contribution < -0.4 is 10.1 Å². The Labute approximate surface area is 157 Å². The SMILES string of the molecule is COc1ccc(CCC(=O)NCc2cc(-c3ccc(F)cc3)ncn2)cc1. The van der Waals surface area contributed by atoms with Gasteiger partial charge >= 0.3 is 0 Å². The predicted molar refractivity (Wildman–Crippen MR) is 101 cm³/mol. The van der Waals surface area contributed by atoms with Crippen LogP contribution in [0.4, 0.5) is 4.39 Å². The Hall–Kier alpha value is -3.28. The Morgan fingerprint density at radius 2 is 1.81 bits per heavy atom. The lowest BCUT2D eigenvalue weighted by Gasteiger charge is -2.07. The molecule has 5 nitrogen and oxygen atoms in total. The minimum Gasteiger partial charge on any atom is -0.497 e. The summed E-state index contributed by atoms with van der Waals surface area (Å²) in [6, 6.07) is 15.5. The molecule has 6 heteroatoms. The van der Waals surface area contributed by atoms with Gasteiger partial charge in [0.15, 0.2) is 0 Å². The van der Waals surface area contributed by atoms with Crippen LogP contribution in [0.5, 0.6) is 5.75 Å². The molecule has 1 N–H and O–H groups in total. The van der Waals surface area contributed by atoms with E-state index in [1.54, 1.807) is 25.3 Å². The minimum atomic E-state index is -0.294. The lowest BCUT2D eigenvalue weighted by molar-refractivity contribution is -0.121. The summed E-state index contributed by atoms with van der Waals surface area (Å²) < 4.78 is 18.2. The normalized spacial score (nSPS) is 10.4. The van der Waals surface area contributed by atoms with Gasteiger partial charge < -0.3 is 10.1 Å². The highest BCUT2D eigenvalue weighted by Gasteiger charge is 2.06. The first-order valence-electron chi connectivity index (χ1n) is 8.60. The van der Waals surface area contributed by atoms with Gasteiger partial charge in [-0.15, -0.1) is 0 Å². The molecule has 138 valence electrons. The average Bonchev–Trinajstić information content (AvgIpc) is 2.72. The first-order valence-corrected chi connectivity index (χ1v) is 8.60. The number of benzene rings is 2. The summed E-state index contributed by atoms with van der Waals surface area (Å²) in [6.45, 7) is 0.318. The molecule has 0 spiro atoms. The number of rotatable bonds is 7. The molecular formula is C21H20FN3O2. The maximum Gasteiger partial charge on any atom is 0.220 e. The summed E-state index contributed by atoms with van der Waals surface area (Å²) >= 11 is 0. The number of carbonyl (C=O) groups excluding carboxylic acids is 1. The van der Waals surface area contributed by atoms with Crippen molar-refractivity contribution in [3.63, 3.8) is 0 Å². The van der Waals surface area contributed by atoms with E-state index in [9.17, 15) is 9.18 Å². The fourth-order valence-corrected chi connectivity index (χ4v) is 2.60. The van der Waals surface area contributed by atoms with Crippen molar-refractivity contribution in [3.05, 3.63) is 78.0 Å². The van der Waals surface area contributed by atoms with E-state index in [2.05, 4.69) is 15.3 Å². The molecule has 0 unspecified atom stereocenters. The summed E-state index contributed by atoms with van der Waals surface area (Å²) in [7, 11) is 1.62. The molecule has 0 radical (unpaired) electrons. The van der Waals surface area contributed by atoms with Crippen molar-refractivity contribution in [1.29, 1.82) is 0 Å². The third kappa shape index (κ3) is 5.34. The first-order chi connectivity index (χ1) is 13.1. The van der Waals surface area contributed by atoms with Gasteiger partial charge in [0.25, 0.3) is 0 Å². The molecule has 0 bridgehead atoms. The van der Waals surface area contributed by atoms with Crippen molar-refractivity contribution >= 4 is 5.91 Å². The van der Waals surface area contributed by atoms with E-state index in [0.717, 1.165) is 16.9 Å². The number of carbonyl (C=O) groups is 1. The van der Waals surface area contributed by atoms with Crippen LogP contribution in [0.3, 0.4) is 0 Å². The van der Waals surface area contributed by atoms with Crippen LogP contribution in [0.2, 0.25) is 0 Å². The van der Waals surface area contributed by atoms with Crippen LogP contribution >= 0.6 is 0 Å². The Morgan fingerprint density at radius 1 is 1.07 bits per heavy atom. The molecule has 0 aliphatic heterocycles. The molecule has 0 aliphatic carbocycles. The summed E-state index contributed by atoms with van der Waals surface area (Å²) in [4.78, 5) is 20.5. The molecule has 2 aromatic carbocycles. The molecule has 1 aromatic heterocycles. The number of hydrogen-bond acceptors (Lipinski definition) is 4. The summed E-state index contributed by atoms with van der Waals surface area (Å²) in [5.74, 6) is 0.453. The van der Waals surface area contributed by atoms with Crippen LogP contribution in [0.25, 0.3) is 11.3 Å². The Balaban J connectivity index is 1.52. The largest absolute Gasteiger partial charge is 0.497 e. The molecule has 3 rings (SSSR count). The van der Waals surface area contributed by atoms with Crippen LogP contribution in [-0.4, -0.2) is 23.0 Å². The van der Waals surface area contributed by atoms with Crippen molar-refractivity contribution in [2.75, 3.05) is 7.11 Å². The van der Waals surface area contributed by atoms with E-state index < -0.39 is 0 Å². The van der Waals surface area contributed by atoms with Crippen LogP contribution in [-0.2, 0) is 17.8 Å². The van der Waals surface area contributed by atoms with Gasteiger partial charge in [-0.05, 0) is 54.4 Å². The average molecular weight is 365 g/mol. The monoisotopic (exact) mass is 365 g/mol. The molecule has 0 fully saturated rings. The van der Waals surface area contributed by atoms with E-state index >= 15 is 0 Å². The fourth-order valence-electron chi connectivity index (χ4n) is 2.60. The number of aromatic nitrogens is 2. The maximum atomic E-state index is 13.0. The molecule has 0 saturated carbocycles. The Bertz CT molecular complexity index is 896. The molecule has 0 aliphatic rings. The smallest absolute Gasteiger partial charge is 0.220 e. The highest BCUT2D eigenvalue weighted by Crippen LogP contribution is 2.17. The quantitative estimate of drug-likeness (QED) is 0.696. The Morgan fingerprint density at radius 3 is 2.52 bits per heavy atom. The van der Waals surface area contributed by atoms with Crippen LogP contribution in [0.15, 0.2) is 60.9 Å². The minimum absolute atomic E-state index is 0.0484. The summed E-state index contributed by atoms with van der Waals surface area (Å²) in [5.41, 5.74) is 3.26. The molecular weight excluding hydrogens is 345 g/mol. The van der Waals surface area contributed by atoms with Crippen LogP contribution in [0, 0.1) is 5.82 Å². The number of ether oxygens (including phenoxy) is 1. The molecule has 0 atom stereocenters. The zero-order valence-corrected chi connectivity index (χ0v) is 15.0. The van der Waals surface area contributed by atoms with Crippen molar-refractivity contribution in [1.82, 2.24) is 15.3 Å². The molecule has 27 heavy (non-hydrogen) atoms. The molecule has 1 heterocycles. The molecule has 0 saturated heterocycles. The fraction of sp³-hybridized carbons (Fsp3) is 0.190. The van der Waals surface area contributed by atoms with Gasteiger partial charge in [-0.1, -0.05) is 12.1 Å². The number of methoxy groups -OCH3 is 1. The number of halogens is 1. The number of hydrogen-bond donors (Lipinski definition) is 1. The highest BCUT2D eigenvalue weighted by molar-refractivity contribution is 5.76. The van der Waals surface area contributed by atoms with Gasteiger partial charge in [-0.3, -0.25) is 4.79 Å². The summed E-state index contributed by atoms with van der Waals surface area (Å²) in [5, 5.41) is 2.87. The van der Waals surface area contributed by atoms with Gasteiger partial charge in [0.05, 0.1) is 25.0 Å². The van der Waals surface area contributed by atoms with Gasteiger partial charge in [-0.2, -0.15) is 0 Å². The molecule has 1 amide bonds. The lowest BCUT2D eigenvalue weighted by atomic mass is 10.1. The third-order valence-corrected chi connectivity index (χ3v) is 4.13. The van der Waals surface area contributed by atoms with Crippen molar-refractivity contribution < 1.29 is 13.9 Å². The lowest BCUT2D eigenvalue weighted by Crippen LogP contribution is -2.23. The number of aryl methyl sites for hydroxylation is 1. The number of nitrogens with one attached hydrogen (secondary N) is 1. The second-order valence-corrected chi connectivity index (χ2v) is 6.03. The maximum absolute atomic E-state index is 13.0. The van der Waals surface area contributed by atoms with E-state index in [4.69, 9.17) is 4.74 Å². The van der Waals surface area contributed by atoms with Gasteiger partial charge in [0, 0.05) is 12.0 Å². The zero-order valence-electron chi connectivity index (χ0n) is 15.0. The number of amides is 1. The first kappa shape index (κ1) is 18.5. The van der Waals surface area contributed by atoms with Crippen molar-refractivity contribution in [3.8, 4) is 17.0 Å². The molecule has 3 aromatic rings. The van der Waals surface area contributed by atoms with Gasteiger partial charge in [0.2, 0.25) is 5.91 Å². The number of nitrogens with zero attached hydrogens (tertiary/aromatic N) is 2. The summed E-state index contributed by atoms with van der Waals surface area (Å²) in [6.07, 6.45) is 2.49. The highest BCUT2D eigenvalue weighted by atomic mass is 19.1. The van der Waals surface area contributed by atoms with Crippen LogP contribution in [0.1, 0.15) is 17.7 Å². The predicted octanol–water partition coefficient (Wildman–Crippen LogP) is 3.54. The second kappa shape index (κ2) is 8.89. The standard InChI is InChI=1S/C21H20FN3O2/c1-27-19-9-2-15(3-10-19)4-11-21(26)23-13-18-12-20(25-14-24-18)16-5-7-17(22)8-6-16/h2-3,5-10,12,14H,4,11,13H2,1H3,(H,23,26). The Kier molecular flexibility index (Phi) is 6.10.